The van der Waals surface area contributed by atoms with E-state index < -0.39 is 0 Å². The van der Waals surface area contributed by atoms with Gasteiger partial charge in [0.05, 0.1) is 0 Å². The number of nitrogens with zero attached hydrogens (tertiary/aromatic N) is 1. The predicted molar refractivity (Wildman–Crippen MR) is 69.7 cm³/mol. The number of benzene rings is 1. The first-order valence-electron chi connectivity index (χ1n) is 6.36. The fourth-order valence-corrected chi connectivity index (χ4v) is 2.73. The second kappa shape index (κ2) is 5.63. The fraction of sp³-hybridized carbons (Fsp3) is 0.571. The minimum absolute atomic E-state index is 0.293. The van der Waals surface area contributed by atoms with Gasteiger partial charge in [-0.25, -0.2) is 0 Å². The summed E-state index contributed by atoms with van der Waals surface area (Å²) in [5.74, 6) is 0.424. The van der Waals surface area contributed by atoms with Crippen LogP contribution >= 0.6 is 0 Å². The van der Waals surface area contributed by atoms with E-state index in [1.165, 1.54) is 11.1 Å². The van der Waals surface area contributed by atoms with Crippen molar-refractivity contribution in [2.75, 3.05) is 26.2 Å². The Morgan fingerprint density at radius 2 is 2.24 bits per heavy atom. The predicted octanol–water partition coefficient (Wildman–Crippen LogP) is 1.31. The molecule has 0 radical (unpaired) electrons. The van der Waals surface area contributed by atoms with Crippen LogP contribution in [-0.2, 0) is 0 Å². The van der Waals surface area contributed by atoms with E-state index in [1.54, 1.807) is 0 Å². The first-order valence-corrected chi connectivity index (χ1v) is 6.36. The molecule has 0 aliphatic carbocycles. The number of hydrogen-bond donors (Lipinski definition) is 2. The maximum atomic E-state index is 9.21. The first-order chi connectivity index (χ1) is 8.26. The van der Waals surface area contributed by atoms with Crippen LogP contribution in [0.1, 0.15) is 23.6 Å². The largest absolute Gasteiger partial charge is 0.396 e. The van der Waals surface area contributed by atoms with Crippen molar-refractivity contribution in [1.29, 1.82) is 0 Å². The van der Waals surface area contributed by atoms with Crippen molar-refractivity contribution in [2.45, 2.75) is 19.4 Å². The summed E-state index contributed by atoms with van der Waals surface area (Å²) in [6.45, 7) is 5.08. The van der Waals surface area contributed by atoms with Gasteiger partial charge in [0.15, 0.2) is 0 Å². The van der Waals surface area contributed by atoms with Crippen molar-refractivity contribution in [3.8, 4) is 0 Å². The van der Waals surface area contributed by atoms with Crippen LogP contribution < -0.4 is 5.73 Å². The molecular weight excluding hydrogens is 212 g/mol. The van der Waals surface area contributed by atoms with Crippen molar-refractivity contribution in [3.05, 3.63) is 35.4 Å². The van der Waals surface area contributed by atoms with Crippen LogP contribution in [0, 0.1) is 12.8 Å². The molecular formula is C14H22N2O. The number of aliphatic hydroxyl groups excluding tert-OH is 1. The van der Waals surface area contributed by atoms with Crippen LogP contribution in [0.15, 0.2) is 24.3 Å². The van der Waals surface area contributed by atoms with Gasteiger partial charge in [0, 0.05) is 25.7 Å². The Hall–Kier alpha value is -0.900. The van der Waals surface area contributed by atoms with Gasteiger partial charge in [0.1, 0.15) is 0 Å². The second-order valence-electron chi connectivity index (χ2n) is 4.94. The minimum Gasteiger partial charge on any atom is -0.396 e. The van der Waals surface area contributed by atoms with E-state index in [4.69, 9.17) is 5.73 Å². The van der Waals surface area contributed by atoms with Crippen molar-refractivity contribution in [2.24, 2.45) is 11.7 Å². The third kappa shape index (κ3) is 2.68. The molecule has 1 saturated heterocycles. The average molecular weight is 234 g/mol. The normalized spacial score (nSPS) is 22.9. The van der Waals surface area contributed by atoms with Gasteiger partial charge in [0.2, 0.25) is 0 Å². The van der Waals surface area contributed by atoms with Gasteiger partial charge in [0.25, 0.3) is 0 Å². The highest BCUT2D eigenvalue weighted by Gasteiger charge is 2.28. The number of hydrogen-bond acceptors (Lipinski definition) is 3. The number of aliphatic hydroxyl groups is 1. The van der Waals surface area contributed by atoms with E-state index in [0.717, 1.165) is 19.5 Å². The van der Waals surface area contributed by atoms with E-state index in [0.29, 0.717) is 25.1 Å². The summed E-state index contributed by atoms with van der Waals surface area (Å²) < 4.78 is 0. The standard InChI is InChI=1S/C14H22N2O/c1-11-4-2-3-5-13(11)14(8-15)16-7-6-12(9-16)10-17/h2-5,12,14,17H,6-10,15H2,1H3. The molecule has 0 spiro atoms. The Bertz CT molecular complexity index is 367. The SMILES string of the molecule is Cc1ccccc1C(CN)N1CCC(CO)C1. The molecule has 1 aliphatic heterocycles. The molecule has 1 aromatic rings. The maximum Gasteiger partial charge on any atom is 0.0473 e. The molecule has 2 rings (SSSR count). The molecule has 1 aliphatic rings. The number of rotatable bonds is 4. The summed E-state index contributed by atoms with van der Waals surface area (Å²) in [5, 5.41) is 9.21. The van der Waals surface area contributed by atoms with Crippen LogP contribution in [0.5, 0.6) is 0 Å². The molecule has 1 aromatic carbocycles. The van der Waals surface area contributed by atoms with Crippen LogP contribution in [0.3, 0.4) is 0 Å². The highest BCUT2D eigenvalue weighted by Crippen LogP contribution is 2.28. The van der Waals surface area contributed by atoms with Gasteiger partial charge < -0.3 is 10.8 Å². The van der Waals surface area contributed by atoms with Crippen LogP contribution in [0.25, 0.3) is 0 Å². The van der Waals surface area contributed by atoms with E-state index in [2.05, 4.69) is 36.1 Å². The van der Waals surface area contributed by atoms with Crippen molar-refractivity contribution < 1.29 is 5.11 Å². The number of nitrogens with two attached hydrogens (primary N) is 1. The summed E-state index contributed by atoms with van der Waals surface area (Å²) in [6, 6.07) is 8.74. The molecule has 1 fully saturated rings. The quantitative estimate of drug-likeness (QED) is 0.826. The van der Waals surface area contributed by atoms with Gasteiger partial charge in [-0.1, -0.05) is 24.3 Å². The summed E-state index contributed by atoms with van der Waals surface area (Å²) in [5.41, 5.74) is 8.56. The number of aryl methyl sites for hydroxylation is 1. The molecule has 3 nitrogen and oxygen atoms in total. The van der Waals surface area contributed by atoms with E-state index in [9.17, 15) is 5.11 Å². The molecule has 2 atom stereocenters. The highest BCUT2D eigenvalue weighted by atomic mass is 16.3. The van der Waals surface area contributed by atoms with Crippen LogP contribution in [0.2, 0.25) is 0 Å². The zero-order valence-electron chi connectivity index (χ0n) is 10.5. The van der Waals surface area contributed by atoms with E-state index in [1.807, 2.05) is 0 Å². The summed E-state index contributed by atoms with van der Waals surface area (Å²) >= 11 is 0. The Labute approximate surface area is 103 Å². The molecule has 3 heteroatoms. The summed E-state index contributed by atoms with van der Waals surface area (Å²) in [7, 11) is 0. The molecule has 94 valence electrons. The van der Waals surface area contributed by atoms with Crippen LogP contribution in [-0.4, -0.2) is 36.2 Å². The lowest BCUT2D eigenvalue weighted by atomic mass is 10.0. The zero-order chi connectivity index (χ0) is 12.3. The Morgan fingerprint density at radius 3 is 2.82 bits per heavy atom. The fourth-order valence-electron chi connectivity index (χ4n) is 2.73. The molecule has 3 N–H and O–H groups in total. The lowest BCUT2D eigenvalue weighted by molar-refractivity contribution is 0.200. The second-order valence-corrected chi connectivity index (χ2v) is 4.94. The summed E-state index contributed by atoms with van der Waals surface area (Å²) in [6.07, 6.45) is 1.08. The first kappa shape index (κ1) is 12.6. The molecule has 0 aromatic heterocycles. The smallest absolute Gasteiger partial charge is 0.0473 e. The van der Waals surface area contributed by atoms with Gasteiger partial charge in [-0.3, -0.25) is 4.90 Å². The van der Waals surface area contributed by atoms with Gasteiger partial charge in [-0.15, -0.1) is 0 Å². The minimum atomic E-state index is 0.293. The van der Waals surface area contributed by atoms with E-state index in [-0.39, 0.29) is 0 Å². The molecule has 2 unspecified atom stereocenters. The van der Waals surface area contributed by atoms with Crippen molar-refractivity contribution in [1.82, 2.24) is 4.90 Å². The molecule has 17 heavy (non-hydrogen) atoms. The van der Waals surface area contributed by atoms with Crippen molar-refractivity contribution in [3.63, 3.8) is 0 Å². The number of likely N-dealkylation sites (tertiary alicyclic amines) is 1. The molecule has 1 heterocycles. The topological polar surface area (TPSA) is 49.5 Å². The zero-order valence-corrected chi connectivity index (χ0v) is 10.5. The molecule has 0 amide bonds. The third-order valence-electron chi connectivity index (χ3n) is 3.79. The Morgan fingerprint density at radius 1 is 1.47 bits per heavy atom. The van der Waals surface area contributed by atoms with Gasteiger partial charge in [-0.2, -0.15) is 0 Å². The van der Waals surface area contributed by atoms with Crippen molar-refractivity contribution >= 4 is 0 Å². The van der Waals surface area contributed by atoms with Gasteiger partial charge >= 0.3 is 0 Å². The average Bonchev–Trinajstić information content (AvgIpc) is 2.81. The van der Waals surface area contributed by atoms with Crippen LogP contribution in [0.4, 0.5) is 0 Å². The lowest BCUT2D eigenvalue weighted by Gasteiger charge is -2.28. The molecule has 0 bridgehead atoms. The molecule has 0 saturated carbocycles. The van der Waals surface area contributed by atoms with Gasteiger partial charge in [-0.05, 0) is 36.9 Å². The third-order valence-corrected chi connectivity index (χ3v) is 3.79. The lowest BCUT2D eigenvalue weighted by Crippen LogP contribution is -2.32. The summed E-state index contributed by atoms with van der Waals surface area (Å²) in [4.78, 5) is 2.41. The maximum absolute atomic E-state index is 9.21. The Balaban J connectivity index is 2.15. The monoisotopic (exact) mass is 234 g/mol. The highest BCUT2D eigenvalue weighted by molar-refractivity contribution is 5.29. The van der Waals surface area contributed by atoms with E-state index >= 15 is 0 Å². The Kier molecular flexibility index (Phi) is 4.15.